The first-order valence-corrected chi connectivity index (χ1v) is 6.08. The smallest absolute Gasteiger partial charge is 0.265 e. The van der Waals surface area contributed by atoms with Gasteiger partial charge in [-0.3, -0.25) is 4.55 Å². The number of benzene rings is 1. The summed E-state index contributed by atoms with van der Waals surface area (Å²) in [4.78, 5) is 0. The number of halogens is 1. The molecule has 1 aromatic carbocycles. The normalized spacial score (nSPS) is 11.5. The minimum absolute atomic E-state index is 0.240. The van der Waals surface area contributed by atoms with Crippen molar-refractivity contribution in [3.8, 4) is 0 Å². The average Bonchev–Trinajstić information content (AvgIpc) is 2.01. The van der Waals surface area contributed by atoms with E-state index in [0.29, 0.717) is 6.42 Å². The third kappa shape index (κ3) is 3.89. The minimum atomic E-state index is -3.86. The predicted molar refractivity (Wildman–Crippen MR) is 54.3 cm³/mol. The summed E-state index contributed by atoms with van der Waals surface area (Å²) in [5, 5.41) is 0. The summed E-state index contributed by atoms with van der Waals surface area (Å²) < 4.78 is 30.3. The van der Waals surface area contributed by atoms with Crippen LogP contribution in [-0.4, -0.2) is 18.7 Å². The Bertz CT molecular complexity index is 386. The maximum atomic E-state index is 10.5. The van der Waals surface area contributed by atoms with E-state index in [2.05, 4.69) is 15.9 Å². The van der Waals surface area contributed by atoms with Gasteiger partial charge in [0.1, 0.15) is 0 Å². The molecule has 5 heteroatoms. The van der Waals surface area contributed by atoms with Crippen LogP contribution < -0.4 is 0 Å². The van der Waals surface area contributed by atoms with Gasteiger partial charge in [0.25, 0.3) is 10.1 Å². The van der Waals surface area contributed by atoms with Crippen LogP contribution in [-0.2, 0) is 16.5 Å². The number of hydrogen-bond acceptors (Lipinski definition) is 2. The first-order chi connectivity index (χ1) is 5.99. The summed E-state index contributed by atoms with van der Waals surface area (Å²) in [5.41, 5.74) is 0.875. The molecule has 0 radical (unpaired) electrons. The van der Waals surface area contributed by atoms with Crippen LogP contribution in [0.2, 0.25) is 0 Å². The van der Waals surface area contributed by atoms with Crippen LogP contribution in [0.3, 0.4) is 0 Å². The van der Waals surface area contributed by atoms with Crippen molar-refractivity contribution in [3.05, 3.63) is 34.3 Å². The van der Waals surface area contributed by atoms with Crippen LogP contribution in [0.4, 0.5) is 0 Å². The van der Waals surface area contributed by atoms with Crippen molar-refractivity contribution >= 4 is 26.0 Å². The van der Waals surface area contributed by atoms with Crippen LogP contribution >= 0.6 is 15.9 Å². The van der Waals surface area contributed by atoms with Gasteiger partial charge >= 0.3 is 0 Å². The maximum absolute atomic E-state index is 10.5. The summed E-state index contributed by atoms with van der Waals surface area (Å²) in [5.74, 6) is -0.240. The summed E-state index contributed by atoms with van der Waals surface area (Å²) in [6.07, 6.45) is 0.320. The zero-order valence-electron chi connectivity index (χ0n) is 6.77. The molecule has 13 heavy (non-hydrogen) atoms. The second-order valence-corrected chi connectivity index (χ2v) is 5.05. The van der Waals surface area contributed by atoms with Gasteiger partial charge in [0, 0.05) is 4.47 Å². The van der Waals surface area contributed by atoms with E-state index in [1.165, 1.54) is 0 Å². The van der Waals surface area contributed by atoms with E-state index < -0.39 is 10.1 Å². The van der Waals surface area contributed by atoms with Gasteiger partial charge in [-0.05, 0) is 18.1 Å². The van der Waals surface area contributed by atoms with E-state index in [0.717, 1.165) is 10.0 Å². The van der Waals surface area contributed by atoms with Gasteiger partial charge in [0.05, 0.1) is 5.75 Å². The van der Waals surface area contributed by atoms with Crippen molar-refractivity contribution in [2.75, 3.05) is 5.75 Å². The van der Waals surface area contributed by atoms with E-state index >= 15 is 0 Å². The van der Waals surface area contributed by atoms with Gasteiger partial charge in [0.15, 0.2) is 0 Å². The third-order valence-corrected chi connectivity index (χ3v) is 3.08. The van der Waals surface area contributed by atoms with E-state index in [4.69, 9.17) is 4.55 Å². The van der Waals surface area contributed by atoms with Crippen molar-refractivity contribution in [1.82, 2.24) is 0 Å². The van der Waals surface area contributed by atoms with Crippen LogP contribution in [0, 0.1) is 0 Å². The van der Waals surface area contributed by atoms with Gasteiger partial charge in [-0.1, -0.05) is 34.1 Å². The van der Waals surface area contributed by atoms with Gasteiger partial charge in [-0.15, -0.1) is 0 Å². The Balaban J connectivity index is 2.71. The van der Waals surface area contributed by atoms with Gasteiger partial charge in [-0.2, -0.15) is 8.42 Å². The van der Waals surface area contributed by atoms with Crippen molar-refractivity contribution in [1.29, 1.82) is 0 Å². The summed E-state index contributed by atoms with van der Waals surface area (Å²) in [7, 11) is -3.86. The SMILES string of the molecule is O=S(=O)(O)CCc1ccccc1Br. The molecule has 72 valence electrons. The quantitative estimate of drug-likeness (QED) is 0.849. The van der Waals surface area contributed by atoms with E-state index in [1.807, 2.05) is 24.3 Å². The molecule has 0 unspecified atom stereocenters. The van der Waals surface area contributed by atoms with E-state index in [-0.39, 0.29) is 5.75 Å². The Morgan fingerprint density at radius 2 is 1.92 bits per heavy atom. The lowest BCUT2D eigenvalue weighted by Gasteiger charge is -2.01. The van der Waals surface area contributed by atoms with Gasteiger partial charge in [0.2, 0.25) is 0 Å². The lowest BCUT2D eigenvalue weighted by molar-refractivity contribution is 0.482. The average molecular weight is 265 g/mol. The van der Waals surface area contributed by atoms with E-state index in [1.54, 1.807) is 0 Å². The molecule has 0 atom stereocenters. The topological polar surface area (TPSA) is 54.4 Å². The monoisotopic (exact) mass is 264 g/mol. The molecule has 0 aromatic heterocycles. The molecule has 0 bridgehead atoms. The Hall–Kier alpha value is -0.390. The standard InChI is InChI=1S/C8H9BrO3S/c9-8-4-2-1-3-7(8)5-6-13(10,11)12/h1-4H,5-6H2,(H,10,11,12). The van der Waals surface area contributed by atoms with Crippen LogP contribution in [0.15, 0.2) is 28.7 Å². The Morgan fingerprint density at radius 1 is 1.31 bits per heavy atom. The zero-order chi connectivity index (χ0) is 9.90. The highest BCUT2D eigenvalue weighted by atomic mass is 79.9. The third-order valence-electron chi connectivity index (χ3n) is 1.59. The highest BCUT2D eigenvalue weighted by molar-refractivity contribution is 9.10. The molecular formula is C8H9BrO3S. The lowest BCUT2D eigenvalue weighted by Crippen LogP contribution is -2.06. The molecular weight excluding hydrogens is 256 g/mol. The summed E-state index contributed by atoms with van der Waals surface area (Å²) in [6.45, 7) is 0. The first kappa shape index (κ1) is 10.7. The van der Waals surface area contributed by atoms with Crippen LogP contribution in [0.25, 0.3) is 0 Å². The van der Waals surface area contributed by atoms with Crippen LogP contribution in [0.1, 0.15) is 5.56 Å². The molecule has 0 amide bonds. The molecule has 1 rings (SSSR count). The molecule has 0 heterocycles. The largest absolute Gasteiger partial charge is 0.286 e. The van der Waals surface area contributed by atoms with Crippen molar-refractivity contribution < 1.29 is 13.0 Å². The molecule has 0 fully saturated rings. The molecule has 1 N–H and O–H groups in total. The number of rotatable bonds is 3. The molecule has 0 saturated carbocycles. The van der Waals surface area contributed by atoms with Crippen molar-refractivity contribution in [2.45, 2.75) is 6.42 Å². The zero-order valence-corrected chi connectivity index (χ0v) is 9.18. The summed E-state index contributed by atoms with van der Waals surface area (Å²) in [6, 6.07) is 7.32. The highest BCUT2D eigenvalue weighted by Crippen LogP contribution is 2.16. The molecule has 0 aliphatic carbocycles. The molecule has 0 aliphatic heterocycles. The van der Waals surface area contributed by atoms with E-state index in [9.17, 15) is 8.42 Å². The molecule has 3 nitrogen and oxygen atoms in total. The first-order valence-electron chi connectivity index (χ1n) is 3.67. The highest BCUT2D eigenvalue weighted by Gasteiger charge is 2.06. The fourth-order valence-corrected chi connectivity index (χ4v) is 1.90. The lowest BCUT2D eigenvalue weighted by atomic mass is 10.2. The fourth-order valence-electron chi connectivity index (χ4n) is 0.940. The second-order valence-electron chi connectivity index (χ2n) is 2.63. The number of aryl methyl sites for hydroxylation is 1. The Labute approximate surface area is 85.7 Å². The Morgan fingerprint density at radius 3 is 2.46 bits per heavy atom. The maximum Gasteiger partial charge on any atom is 0.265 e. The fraction of sp³-hybridized carbons (Fsp3) is 0.250. The van der Waals surface area contributed by atoms with Crippen LogP contribution in [0.5, 0.6) is 0 Å². The molecule has 0 aliphatic rings. The summed E-state index contributed by atoms with van der Waals surface area (Å²) >= 11 is 3.29. The Kier molecular flexibility index (Phi) is 3.47. The minimum Gasteiger partial charge on any atom is -0.286 e. The van der Waals surface area contributed by atoms with Crippen molar-refractivity contribution in [2.24, 2.45) is 0 Å². The second kappa shape index (κ2) is 4.21. The molecule has 0 saturated heterocycles. The molecule has 0 spiro atoms. The molecule has 1 aromatic rings. The van der Waals surface area contributed by atoms with Crippen molar-refractivity contribution in [3.63, 3.8) is 0 Å². The predicted octanol–water partition coefficient (Wildman–Crippen LogP) is 1.88. The van der Waals surface area contributed by atoms with Gasteiger partial charge < -0.3 is 0 Å². The number of hydrogen-bond donors (Lipinski definition) is 1. The van der Waals surface area contributed by atoms with Gasteiger partial charge in [-0.25, -0.2) is 0 Å².